The normalized spacial score (nSPS) is 22.4. The van der Waals surface area contributed by atoms with Crippen molar-refractivity contribution in [2.75, 3.05) is 26.8 Å². The molecule has 2 atom stereocenters. The van der Waals surface area contributed by atoms with Crippen LogP contribution in [0, 0.1) is 5.92 Å². The molecule has 0 aromatic heterocycles. The number of carbonyl (C=O) groups is 1. The highest BCUT2D eigenvalue weighted by molar-refractivity contribution is 5.94. The summed E-state index contributed by atoms with van der Waals surface area (Å²) in [7, 11) is 1.60. The molecule has 0 radical (unpaired) electrons. The highest BCUT2D eigenvalue weighted by Gasteiger charge is 2.32. The van der Waals surface area contributed by atoms with Gasteiger partial charge in [-0.05, 0) is 30.2 Å². The van der Waals surface area contributed by atoms with Gasteiger partial charge >= 0.3 is 0 Å². The first-order valence-corrected chi connectivity index (χ1v) is 7.36. The fourth-order valence-electron chi connectivity index (χ4n) is 2.58. The minimum Gasteiger partial charge on any atom is -0.497 e. The zero-order valence-corrected chi connectivity index (χ0v) is 12.9. The lowest BCUT2D eigenvalue weighted by Crippen LogP contribution is -2.60. The average molecular weight is 292 g/mol. The second-order valence-corrected chi connectivity index (χ2v) is 5.78. The fraction of sp³-hybridized carbons (Fsp3) is 0.562. The Kier molecular flexibility index (Phi) is 5.20. The number of methoxy groups -OCH3 is 1. The number of carbonyl (C=O) groups excluding carboxylic acids is 1. The quantitative estimate of drug-likeness (QED) is 0.873. The number of aliphatic hydroxyl groups excluding tert-OH is 1. The van der Waals surface area contributed by atoms with E-state index in [1.807, 2.05) is 0 Å². The summed E-state index contributed by atoms with van der Waals surface area (Å²) in [6.45, 7) is 5.48. The lowest BCUT2D eigenvalue weighted by atomic mass is 9.98. The first-order chi connectivity index (χ1) is 10.1. The van der Waals surface area contributed by atoms with Crippen molar-refractivity contribution in [1.82, 2.24) is 10.2 Å². The van der Waals surface area contributed by atoms with Crippen LogP contribution in [0.3, 0.4) is 0 Å². The minimum absolute atomic E-state index is 0.0281. The number of amides is 1. The zero-order chi connectivity index (χ0) is 15.4. The van der Waals surface area contributed by atoms with Crippen LogP contribution < -0.4 is 10.1 Å². The molecule has 1 aromatic rings. The number of aliphatic hydroxyl groups is 1. The predicted molar refractivity (Wildman–Crippen MR) is 81.5 cm³/mol. The third kappa shape index (κ3) is 3.54. The van der Waals surface area contributed by atoms with Crippen LogP contribution in [0.15, 0.2) is 24.3 Å². The maximum Gasteiger partial charge on any atom is 0.254 e. The van der Waals surface area contributed by atoms with E-state index in [1.54, 1.807) is 36.3 Å². The first-order valence-electron chi connectivity index (χ1n) is 7.36. The molecule has 1 saturated heterocycles. The number of piperazine rings is 1. The smallest absolute Gasteiger partial charge is 0.254 e. The molecule has 1 aliphatic rings. The Morgan fingerprint density at radius 2 is 2.10 bits per heavy atom. The SMILES string of the molecule is COc1ccc(C(=O)N2CC(C(C)C)NCC2CO)cc1. The summed E-state index contributed by atoms with van der Waals surface area (Å²) in [5.74, 6) is 1.13. The van der Waals surface area contributed by atoms with Crippen molar-refractivity contribution in [3.05, 3.63) is 29.8 Å². The second kappa shape index (κ2) is 6.91. The summed E-state index contributed by atoms with van der Waals surface area (Å²) in [4.78, 5) is 14.5. The number of hydrogen-bond acceptors (Lipinski definition) is 4. The molecule has 0 saturated carbocycles. The molecular weight excluding hydrogens is 268 g/mol. The van der Waals surface area contributed by atoms with Crippen molar-refractivity contribution in [2.45, 2.75) is 25.9 Å². The fourth-order valence-corrected chi connectivity index (χ4v) is 2.58. The molecule has 2 rings (SSSR count). The third-order valence-electron chi connectivity index (χ3n) is 4.06. The molecule has 1 amide bonds. The van der Waals surface area contributed by atoms with E-state index >= 15 is 0 Å². The van der Waals surface area contributed by atoms with Gasteiger partial charge < -0.3 is 20.1 Å². The van der Waals surface area contributed by atoms with Crippen molar-refractivity contribution < 1.29 is 14.6 Å². The first kappa shape index (κ1) is 15.8. The average Bonchev–Trinajstić information content (AvgIpc) is 2.53. The molecule has 1 aromatic carbocycles. The lowest BCUT2D eigenvalue weighted by molar-refractivity contribution is 0.0434. The minimum atomic E-state index is -0.172. The van der Waals surface area contributed by atoms with Gasteiger partial charge in [0, 0.05) is 24.7 Å². The molecule has 2 unspecified atom stereocenters. The summed E-state index contributed by atoms with van der Waals surface area (Å²) in [5, 5.41) is 12.9. The summed E-state index contributed by atoms with van der Waals surface area (Å²) >= 11 is 0. The van der Waals surface area contributed by atoms with Crippen LogP contribution in [-0.4, -0.2) is 54.8 Å². The van der Waals surface area contributed by atoms with Gasteiger partial charge in [-0.25, -0.2) is 0 Å². The topological polar surface area (TPSA) is 61.8 Å². The molecule has 0 bridgehead atoms. The van der Waals surface area contributed by atoms with E-state index in [9.17, 15) is 9.90 Å². The van der Waals surface area contributed by atoms with Gasteiger partial charge in [0.2, 0.25) is 0 Å². The van der Waals surface area contributed by atoms with Gasteiger partial charge in [-0.1, -0.05) is 13.8 Å². The maximum atomic E-state index is 12.7. The molecule has 0 aliphatic carbocycles. The van der Waals surface area contributed by atoms with E-state index in [0.717, 1.165) is 5.75 Å². The predicted octanol–water partition coefficient (Wildman–Crippen LogP) is 1.13. The molecule has 1 aliphatic heterocycles. The van der Waals surface area contributed by atoms with Crippen LogP contribution in [0.5, 0.6) is 5.75 Å². The maximum absolute atomic E-state index is 12.7. The number of rotatable bonds is 4. The van der Waals surface area contributed by atoms with Crippen LogP contribution in [0.1, 0.15) is 24.2 Å². The second-order valence-electron chi connectivity index (χ2n) is 5.78. The van der Waals surface area contributed by atoms with Crippen molar-refractivity contribution >= 4 is 5.91 Å². The summed E-state index contributed by atoms with van der Waals surface area (Å²) in [5.41, 5.74) is 0.624. The van der Waals surface area contributed by atoms with Crippen LogP contribution >= 0.6 is 0 Å². The number of hydrogen-bond donors (Lipinski definition) is 2. The molecular formula is C16H24N2O3. The van der Waals surface area contributed by atoms with Crippen molar-refractivity contribution in [3.63, 3.8) is 0 Å². The molecule has 0 spiro atoms. The third-order valence-corrected chi connectivity index (χ3v) is 4.06. The Morgan fingerprint density at radius 1 is 1.43 bits per heavy atom. The molecule has 21 heavy (non-hydrogen) atoms. The largest absolute Gasteiger partial charge is 0.497 e. The molecule has 5 heteroatoms. The van der Waals surface area contributed by atoms with Gasteiger partial charge in [-0.2, -0.15) is 0 Å². The van der Waals surface area contributed by atoms with Crippen LogP contribution in [-0.2, 0) is 0 Å². The van der Waals surface area contributed by atoms with Gasteiger partial charge in [0.1, 0.15) is 5.75 Å². The molecule has 1 fully saturated rings. The Balaban J connectivity index is 2.16. The van der Waals surface area contributed by atoms with Gasteiger partial charge in [0.15, 0.2) is 0 Å². The number of nitrogens with zero attached hydrogens (tertiary/aromatic N) is 1. The molecule has 5 nitrogen and oxygen atoms in total. The highest BCUT2D eigenvalue weighted by atomic mass is 16.5. The Hall–Kier alpha value is -1.59. The van der Waals surface area contributed by atoms with Crippen LogP contribution in [0.25, 0.3) is 0 Å². The standard InChI is InChI=1S/C16H24N2O3/c1-11(2)15-9-18(13(10-19)8-17-15)16(20)12-4-6-14(21-3)7-5-12/h4-7,11,13,15,17,19H,8-10H2,1-3H3. The van der Waals surface area contributed by atoms with Crippen molar-refractivity contribution in [2.24, 2.45) is 5.92 Å². The van der Waals surface area contributed by atoms with Crippen molar-refractivity contribution in [1.29, 1.82) is 0 Å². The summed E-state index contributed by atoms with van der Waals surface area (Å²) < 4.78 is 5.11. The Labute approximate surface area is 125 Å². The van der Waals surface area contributed by atoms with Crippen LogP contribution in [0.2, 0.25) is 0 Å². The van der Waals surface area contributed by atoms with Gasteiger partial charge in [-0.3, -0.25) is 4.79 Å². The lowest BCUT2D eigenvalue weighted by Gasteiger charge is -2.41. The van der Waals surface area contributed by atoms with Crippen LogP contribution in [0.4, 0.5) is 0 Å². The Bertz CT molecular complexity index is 473. The van der Waals surface area contributed by atoms with E-state index in [1.165, 1.54) is 0 Å². The monoisotopic (exact) mass is 292 g/mol. The van der Waals surface area contributed by atoms with E-state index < -0.39 is 0 Å². The highest BCUT2D eigenvalue weighted by Crippen LogP contribution is 2.18. The molecule has 1 heterocycles. The van der Waals surface area contributed by atoms with Gasteiger partial charge in [0.05, 0.1) is 19.8 Å². The number of benzene rings is 1. The van der Waals surface area contributed by atoms with Crippen molar-refractivity contribution in [3.8, 4) is 5.75 Å². The summed E-state index contributed by atoms with van der Waals surface area (Å²) in [6, 6.07) is 7.18. The van der Waals surface area contributed by atoms with E-state index in [-0.39, 0.29) is 24.6 Å². The van der Waals surface area contributed by atoms with E-state index in [0.29, 0.717) is 24.6 Å². The number of nitrogens with one attached hydrogen (secondary N) is 1. The number of ether oxygens (including phenoxy) is 1. The van der Waals surface area contributed by atoms with E-state index in [2.05, 4.69) is 19.2 Å². The van der Waals surface area contributed by atoms with Gasteiger partial charge in [0.25, 0.3) is 5.91 Å². The summed E-state index contributed by atoms with van der Waals surface area (Å²) in [6.07, 6.45) is 0. The Morgan fingerprint density at radius 3 is 2.62 bits per heavy atom. The van der Waals surface area contributed by atoms with E-state index in [4.69, 9.17) is 4.74 Å². The molecule has 2 N–H and O–H groups in total. The molecule has 116 valence electrons. The zero-order valence-electron chi connectivity index (χ0n) is 12.9. The van der Waals surface area contributed by atoms with Gasteiger partial charge in [-0.15, -0.1) is 0 Å².